The average molecular weight is 374 g/mol. The van der Waals surface area contributed by atoms with E-state index in [9.17, 15) is 4.79 Å². The normalized spacial score (nSPS) is 19.2. The molecule has 4 rings (SSSR count). The molecule has 6 heteroatoms. The van der Waals surface area contributed by atoms with E-state index in [0.717, 1.165) is 5.56 Å². The predicted octanol–water partition coefficient (Wildman–Crippen LogP) is 2.91. The van der Waals surface area contributed by atoms with Crippen molar-refractivity contribution in [2.75, 3.05) is 7.11 Å². The summed E-state index contributed by atoms with van der Waals surface area (Å²) in [4.78, 5) is 12.5. The fourth-order valence-corrected chi connectivity index (χ4v) is 3.50. The molecule has 1 aliphatic rings. The fraction of sp³-hybridized carbons (Fsp3) is 0.182. The summed E-state index contributed by atoms with van der Waals surface area (Å²) in [7, 11) is 1.60. The van der Waals surface area contributed by atoms with Crippen LogP contribution in [0.1, 0.15) is 23.6 Å². The summed E-state index contributed by atoms with van der Waals surface area (Å²) in [5, 5.41) is 6.45. The first kappa shape index (κ1) is 18.2. The van der Waals surface area contributed by atoms with Crippen molar-refractivity contribution < 1.29 is 9.53 Å². The minimum absolute atomic E-state index is 0.0556. The van der Waals surface area contributed by atoms with Crippen molar-refractivity contribution in [3.05, 3.63) is 77.9 Å². The van der Waals surface area contributed by atoms with Gasteiger partial charge >= 0.3 is 0 Å². The molecule has 3 aromatic rings. The van der Waals surface area contributed by atoms with E-state index in [1.165, 1.54) is 16.3 Å². The van der Waals surface area contributed by atoms with Gasteiger partial charge in [-0.1, -0.05) is 54.6 Å². The molecular weight excluding hydrogens is 352 g/mol. The highest BCUT2D eigenvalue weighted by Gasteiger charge is 2.30. The van der Waals surface area contributed by atoms with Crippen LogP contribution in [-0.4, -0.2) is 25.3 Å². The molecule has 1 saturated heterocycles. The summed E-state index contributed by atoms with van der Waals surface area (Å²) in [5.41, 5.74) is 10.9. The van der Waals surface area contributed by atoms with Gasteiger partial charge in [-0.25, -0.2) is 16.3 Å². The third-order valence-corrected chi connectivity index (χ3v) is 4.94. The van der Waals surface area contributed by atoms with E-state index in [-0.39, 0.29) is 18.0 Å². The summed E-state index contributed by atoms with van der Waals surface area (Å²) in [6.07, 6.45) is 2.23. The number of rotatable bonds is 5. The number of benzene rings is 3. The molecule has 6 nitrogen and oxygen atoms in total. The third-order valence-electron chi connectivity index (χ3n) is 4.94. The lowest BCUT2D eigenvalue weighted by atomic mass is 9.96. The molecule has 2 atom stereocenters. The molecule has 142 valence electrons. The number of ether oxygens (including phenoxy) is 1. The van der Waals surface area contributed by atoms with Crippen LogP contribution in [0.4, 0.5) is 0 Å². The van der Waals surface area contributed by atoms with Gasteiger partial charge in [0.25, 0.3) is 5.91 Å². The summed E-state index contributed by atoms with van der Waals surface area (Å²) in [6.45, 7) is 0. The van der Waals surface area contributed by atoms with Crippen molar-refractivity contribution in [3.63, 3.8) is 0 Å². The molecule has 0 aliphatic carbocycles. The number of carbonyl (C=O) groups is 1. The van der Waals surface area contributed by atoms with Crippen molar-refractivity contribution >= 4 is 22.9 Å². The van der Waals surface area contributed by atoms with Gasteiger partial charge in [0.1, 0.15) is 11.8 Å². The minimum atomic E-state index is -0.362. The number of carbonyl (C=O) groups excluding carboxylic acids is 1. The second-order valence-corrected chi connectivity index (χ2v) is 6.67. The van der Waals surface area contributed by atoms with Crippen molar-refractivity contribution in [1.29, 1.82) is 0 Å². The van der Waals surface area contributed by atoms with Crippen LogP contribution in [0.25, 0.3) is 10.8 Å². The molecule has 0 bridgehead atoms. The van der Waals surface area contributed by atoms with E-state index in [2.05, 4.69) is 45.6 Å². The van der Waals surface area contributed by atoms with E-state index in [0.29, 0.717) is 12.2 Å². The number of hydrogen-bond donors (Lipinski definition) is 3. The van der Waals surface area contributed by atoms with E-state index >= 15 is 0 Å². The van der Waals surface area contributed by atoms with E-state index < -0.39 is 0 Å². The number of methoxy groups -OCH3 is 1. The zero-order valence-corrected chi connectivity index (χ0v) is 15.6. The van der Waals surface area contributed by atoms with E-state index in [1.54, 1.807) is 13.3 Å². The molecule has 1 amide bonds. The second kappa shape index (κ2) is 8.21. The minimum Gasteiger partial charge on any atom is -0.496 e. The maximum absolute atomic E-state index is 12.5. The molecular formula is C22H22N4O2. The Morgan fingerprint density at radius 2 is 1.86 bits per heavy atom. The van der Waals surface area contributed by atoms with Gasteiger partial charge in [-0.05, 0) is 34.9 Å². The molecule has 0 aromatic heterocycles. The quantitative estimate of drug-likeness (QED) is 0.474. The number of hydrazone groups is 1. The first-order valence-electron chi connectivity index (χ1n) is 9.21. The molecule has 3 N–H and O–H groups in total. The number of nitrogens with zero attached hydrogens (tertiary/aromatic N) is 1. The lowest BCUT2D eigenvalue weighted by Crippen LogP contribution is -2.41. The molecule has 3 aromatic carbocycles. The lowest BCUT2D eigenvalue weighted by molar-refractivity contribution is -0.122. The highest BCUT2D eigenvalue weighted by Crippen LogP contribution is 2.29. The van der Waals surface area contributed by atoms with Crippen LogP contribution in [0.2, 0.25) is 0 Å². The van der Waals surface area contributed by atoms with Crippen molar-refractivity contribution in [2.24, 2.45) is 5.10 Å². The Balaban J connectivity index is 1.41. The molecule has 2 unspecified atom stereocenters. The number of amides is 1. The molecule has 28 heavy (non-hydrogen) atoms. The molecule has 0 radical (unpaired) electrons. The maximum atomic E-state index is 12.5. The lowest BCUT2D eigenvalue weighted by Gasteiger charge is -2.13. The molecule has 1 aliphatic heterocycles. The van der Waals surface area contributed by atoms with Gasteiger partial charge in [-0.15, -0.1) is 0 Å². The van der Waals surface area contributed by atoms with Crippen molar-refractivity contribution in [1.82, 2.24) is 16.3 Å². The number of hydrogen-bond acceptors (Lipinski definition) is 5. The summed E-state index contributed by atoms with van der Waals surface area (Å²) in [5.74, 6) is 0.526. The number of hydrazine groups is 1. The summed E-state index contributed by atoms with van der Waals surface area (Å²) in [6, 6.07) is 21.7. The van der Waals surface area contributed by atoms with E-state index in [1.807, 2.05) is 42.5 Å². The highest BCUT2D eigenvalue weighted by molar-refractivity contribution is 5.88. The van der Waals surface area contributed by atoms with Crippen LogP contribution < -0.4 is 21.0 Å². The summed E-state index contributed by atoms with van der Waals surface area (Å²) < 4.78 is 5.27. The highest BCUT2D eigenvalue weighted by atomic mass is 16.5. The number of para-hydroxylation sites is 1. The third kappa shape index (κ3) is 3.74. The van der Waals surface area contributed by atoms with Gasteiger partial charge in [0, 0.05) is 11.6 Å². The Hall–Kier alpha value is -3.22. The smallest absolute Gasteiger partial charge is 0.258 e. The Labute approximate surface area is 163 Å². The van der Waals surface area contributed by atoms with Gasteiger partial charge in [-0.2, -0.15) is 5.10 Å². The topological polar surface area (TPSA) is 74.8 Å². The Morgan fingerprint density at radius 1 is 1.07 bits per heavy atom. The zero-order chi connectivity index (χ0) is 19.3. The predicted molar refractivity (Wildman–Crippen MR) is 110 cm³/mol. The SMILES string of the molecule is COc1ccccc1/C=N/NC(=O)C1CC(c2cccc3ccccc23)NN1. The first-order chi connectivity index (χ1) is 13.8. The van der Waals surface area contributed by atoms with Gasteiger partial charge in [-0.3, -0.25) is 4.79 Å². The van der Waals surface area contributed by atoms with Crippen molar-refractivity contribution in [3.8, 4) is 5.75 Å². The first-order valence-corrected chi connectivity index (χ1v) is 9.21. The Morgan fingerprint density at radius 3 is 2.75 bits per heavy atom. The zero-order valence-electron chi connectivity index (χ0n) is 15.6. The van der Waals surface area contributed by atoms with Gasteiger partial charge in [0.2, 0.25) is 0 Å². The average Bonchev–Trinajstić information content (AvgIpc) is 3.24. The van der Waals surface area contributed by atoms with Crippen LogP contribution in [-0.2, 0) is 4.79 Å². The molecule has 1 heterocycles. The standard InChI is InChI=1S/C22H22N4O2/c1-28-21-12-5-3-8-16(21)14-23-26-22(27)20-13-19(24-25-20)18-11-6-9-15-7-2-4-10-17(15)18/h2-12,14,19-20,24-25H,13H2,1H3,(H,26,27)/b23-14+. The monoisotopic (exact) mass is 374 g/mol. The summed E-state index contributed by atoms with van der Waals surface area (Å²) >= 11 is 0. The number of fused-ring (bicyclic) bond motifs is 1. The van der Waals surface area contributed by atoms with Crippen LogP contribution in [0, 0.1) is 0 Å². The van der Waals surface area contributed by atoms with Crippen LogP contribution in [0.3, 0.4) is 0 Å². The van der Waals surface area contributed by atoms with E-state index in [4.69, 9.17) is 4.74 Å². The number of nitrogens with one attached hydrogen (secondary N) is 3. The maximum Gasteiger partial charge on any atom is 0.258 e. The second-order valence-electron chi connectivity index (χ2n) is 6.67. The molecule has 0 saturated carbocycles. The van der Waals surface area contributed by atoms with Gasteiger partial charge in [0.05, 0.1) is 13.3 Å². The van der Waals surface area contributed by atoms with Gasteiger partial charge < -0.3 is 4.74 Å². The van der Waals surface area contributed by atoms with Gasteiger partial charge in [0.15, 0.2) is 0 Å². The Bertz CT molecular complexity index is 1010. The Kier molecular flexibility index (Phi) is 5.32. The van der Waals surface area contributed by atoms with Crippen LogP contribution >= 0.6 is 0 Å². The molecule has 1 fully saturated rings. The van der Waals surface area contributed by atoms with Crippen molar-refractivity contribution in [2.45, 2.75) is 18.5 Å². The molecule has 0 spiro atoms. The van der Waals surface area contributed by atoms with Crippen LogP contribution in [0.5, 0.6) is 5.75 Å². The fourth-order valence-electron chi connectivity index (χ4n) is 3.50. The van der Waals surface area contributed by atoms with Crippen LogP contribution in [0.15, 0.2) is 71.8 Å². The largest absolute Gasteiger partial charge is 0.496 e.